The second kappa shape index (κ2) is 6.07. The number of hydrogen-bond donors (Lipinski definition) is 1. The van der Waals surface area contributed by atoms with Gasteiger partial charge in [0.1, 0.15) is 5.75 Å². The van der Waals surface area contributed by atoms with Gasteiger partial charge >= 0.3 is 0 Å². The van der Waals surface area contributed by atoms with Crippen molar-refractivity contribution in [2.45, 2.75) is 51.7 Å². The third kappa shape index (κ3) is 3.48. The van der Waals surface area contributed by atoms with Gasteiger partial charge in [-0.15, -0.1) is 0 Å². The minimum absolute atomic E-state index is 0.00138. The van der Waals surface area contributed by atoms with E-state index in [0.29, 0.717) is 6.10 Å². The molecule has 1 saturated carbocycles. The quantitative estimate of drug-likeness (QED) is 0.896. The van der Waals surface area contributed by atoms with E-state index in [2.05, 4.69) is 28.9 Å². The summed E-state index contributed by atoms with van der Waals surface area (Å²) in [6.07, 6.45) is 5.29. The maximum Gasteiger partial charge on any atom is 0.124 e. The van der Waals surface area contributed by atoms with Crippen LogP contribution in [0.5, 0.6) is 5.75 Å². The van der Waals surface area contributed by atoms with Gasteiger partial charge < -0.3 is 10.5 Å². The Morgan fingerprint density at radius 1 is 1.39 bits per heavy atom. The fraction of sp³-hybridized carbons (Fsp3) is 0.600. The monoisotopic (exact) mass is 311 g/mol. The zero-order valence-electron chi connectivity index (χ0n) is 11.2. The van der Waals surface area contributed by atoms with Gasteiger partial charge in [-0.1, -0.05) is 29.3 Å². The van der Waals surface area contributed by atoms with E-state index >= 15 is 0 Å². The van der Waals surface area contributed by atoms with Gasteiger partial charge in [0.05, 0.1) is 6.10 Å². The van der Waals surface area contributed by atoms with E-state index in [4.69, 9.17) is 10.5 Å². The predicted molar refractivity (Wildman–Crippen MR) is 78.8 cm³/mol. The maximum absolute atomic E-state index is 6.17. The first-order valence-corrected chi connectivity index (χ1v) is 7.57. The summed E-state index contributed by atoms with van der Waals surface area (Å²) in [6, 6.07) is 6.11. The zero-order chi connectivity index (χ0) is 13.1. The van der Waals surface area contributed by atoms with E-state index < -0.39 is 0 Å². The van der Waals surface area contributed by atoms with Crippen LogP contribution in [0.25, 0.3) is 0 Å². The highest BCUT2D eigenvalue weighted by Gasteiger charge is 2.21. The second-order valence-corrected chi connectivity index (χ2v) is 6.40. The van der Waals surface area contributed by atoms with E-state index in [-0.39, 0.29) is 6.04 Å². The Bertz CT molecular complexity index is 405. The van der Waals surface area contributed by atoms with Gasteiger partial charge in [0.15, 0.2) is 0 Å². The van der Waals surface area contributed by atoms with E-state index in [1.54, 1.807) is 0 Å². The first-order chi connectivity index (χ1) is 8.56. The van der Waals surface area contributed by atoms with Crippen LogP contribution in [0.15, 0.2) is 22.7 Å². The largest absolute Gasteiger partial charge is 0.490 e. The molecule has 3 atom stereocenters. The highest BCUT2D eigenvalue weighted by atomic mass is 79.9. The highest BCUT2D eigenvalue weighted by molar-refractivity contribution is 9.10. The minimum atomic E-state index is -0.00138. The number of halogens is 1. The molecule has 2 unspecified atom stereocenters. The summed E-state index contributed by atoms with van der Waals surface area (Å²) in [6.45, 7) is 4.31. The van der Waals surface area contributed by atoms with E-state index in [1.807, 2.05) is 19.1 Å². The zero-order valence-corrected chi connectivity index (χ0v) is 12.7. The molecule has 0 radical (unpaired) electrons. The normalized spacial score (nSPS) is 25.8. The Morgan fingerprint density at radius 2 is 2.17 bits per heavy atom. The van der Waals surface area contributed by atoms with Gasteiger partial charge in [-0.2, -0.15) is 0 Å². The van der Waals surface area contributed by atoms with Crippen molar-refractivity contribution in [2.75, 3.05) is 0 Å². The summed E-state index contributed by atoms with van der Waals surface area (Å²) in [5.74, 6) is 1.73. The maximum atomic E-state index is 6.17. The molecular formula is C15H22BrNO. The smallest absolute Gasteiger partial charge is 0.124 e. The van der Waals surface area contributed by atoms with Crippen molar-refractivity contribution < 1.29 is 4.74 Å². The lowest BCUT2D eigenvalue weighted by Crippen LogP contribution is -2.25. The van der Waals surface area contributed by atoms with Crippen LogP contribution in [0.3, 0.4) is 0 Å². The third-order valence-electron chi connectivity index (χ3n) is 3.64. The van der Waals surface area contributed by atoms with Crippen molar-refractivity contribution in [1.82, 2.24) is 0 Å². The number of rotatable bonds is 3. The molecule has 1 fully saturated rings. The SMILES string of the molecule is CC1CCCC(Oc2ccc(Br)cc2[C@@H](C)N)C1. The molecule has 0 heterocycles. The van der Waals surface area contributed by atoms with Gasteiger partial charge in [-0.05, 0) is 50.3 Å². The van der Waals surface area contributed by atoms with Crippen LogP contribution in [0.1, 0.15) is 51.1 Å². The van der Waals surface area contributed by atoms with Crippen molar-refractivity contribution in [1.29, 1.82) is 0 Å². The standard InChI is InChI=1S/C15H22BrNO/c1-10-4-3-5-13(8-10)18-15-7-6-12(16)9-14(15)11(2)17/h6-7,9-11,13H,3-5,8,17H2,1-2H3/t10?,11-,13?/m1/s1. The van der Waals surface area contributed by atoms with Gasteiger partial charge in [-0.3, -0.25) is 0 Å². The fourth-order valence-corrected chi connectivity index (χ4v) is 3.03. The number of ether oxygens (including phenoxy) is 1. The number of benzene rings is 1. The van der Waals surface area contributed by atoms with Crippen LogP contribution < -0.4 is 10.5 Å². The van der Waals surface area contributed by atoms with Crippen molar-refractivity contribution >= 4 is 15.9 Å². The summed E-state index contributed by atoms with van der Waals surface area (Å²) < 4.78 is 7.23. The molecule has 0 bridgehead atoms. The first-order valence-electron chi connectivity index (χ1n) is 6.78. The van der Waals surface area contributed by atoms with E-state index in [9.17, 15) is 0 Å². The molecule has 18 heavy (non-hydrogen) atoms. The molecular weight excluding hydrogens is 290 g/mol. The highest BCUT2D eigenvalue weighted by Crippen LogP contribution is 2.32. The average molecular weight is 312 g/mol. The Labute approximate surface area is 118 Å². The predicted octanol–water partition coefficient (Wildman–Crippen LogP) is 4.43. The van der Waals surface area contributed by atoms with Crippen LogP contribution in [-0.4, -0.2) is 6.10 Å². The van der Waals surface area contributed by atoms with Crippen molar-refractivity contribution in [3.63, 3.8) is 0 Å². The number of hydrogen-bond acceptors (Lipinski definition) is 2. The molecule has 0 aromatic heterocycles. The molecule has 2 nitrogen and oxygen atoms in total. The molecule has 0 aliphatic heterocycles. The van der Waals surface area contributed by atoms with Crippen LogP contribution in [-0.2, 0) is 0 Å². The summed E-state index contributed by atoms with van der Waals surface area (Å²) >= 11 is 3.49. The minimum Gasteiger partial charge on any atom is -0.490 e. The Balaban J connectivity index is 2.12. The lowest BCUT2D eigenvalue weighted by atomic mass is 9.88. The van der Waals surface area contributed by atoms with Crippen molar-refractivity contribution in [3.05, 3.63) is 28.2 Å². The van der Waals surface area contributed by atoms with Gasteiger partial charge in [-0.25, -0.2) is 0 Å². The summed E-state index contributed by atoms with van der Waals surface area (Å²) in [4.78, 5) is 0. The van der Waals surface area contributed by atoms with Crippen LogP contribution in [0, 0.1) is 5.92 Å². The summed E-state index contributed by atoms with van der Waals surface area (Å²) in [7, 11) is 0. The Morgan fingerprint density at radius 3 is 2.83 bits per heavy atom. The molecule has 0 amide bonds. The molecule has 1 aromatic carbocycles. The van der Waals surface area contributed by atoms with Gasteiger partial charge in [0.25, 0.3) is 0 Å². The molecule has 3 heteroatoms. The summed E-state index contributed by atoms with van der Waals surface area (Å²) in [5, 5.41) is 0. The van der Waals surface area contributed by atoms with Crippen molar-refractivity contribution in [3.8, 4) is 5.75 Å². The molecule has 0 saturated heterocycles. The first kappa shape index (κ1) is 13.9. The molecule has 1 aliphatic carbocycles. The topological polar surface area (TPSA) is 35.2 Å². The second-order valence-electron chi connectivity index (χ2n) is 5.48. The third-order valence-corrected chi connectivity index (χ3v) is 4.14. The average Bonchev–Trinajstić information content (AvgIpc) is 2.31. The lowest BCUT2D eigenvalue weighted by molar-refractivity contribution is 0.127. The molecule has 1 aromatic rings. The number of nitrogens with two attached hydrogens (primary N) is 1. The van der Waals surface area contributed by atoms with Gasteiger partial charge in [0, 0.05) is 16.1 Å². The molecule has 1 aliphatic rings. The van der Waals surface area contributed by atoms with Crippen molar-refractivity contribution in [2.24, 2.45) is 11.7 Å². The lowest BCUT2D eigenvalue weighted by Gasteiger charge is -2.28. The molecule has 0 spiro atoms. The van der Waals surface area contributed by atoms with E-state index in [1.165, 1.54) is 19.3 Å². The molecule has 2 rings (SSSR count). The molecule has 2 N–H and O–H groups in total. The van der Waals surface area contributed by atoms with E-state index in [0.717, 1.165) is 28.1 Å². The Kier molecular flexibility index (Phi) is 4.68. The van der Waals surface area contributed by atoms with Crippen LogP contribution in [0.2, 0.25) is 0 Å². The van der Waals surface area contributed by atoms with Gasteiger partial charge in [0.2, 0.25) is 0 Å². The Hall–Kier alpha value is -0.540. The van der Waals surface area contributed by atoms with Crippen LogP contribution in [0.4, 0.5) is 0 Å². The molecule has 100 valence electrons. The fourth-order valence-electron chi connectivity index (χ4n) is 2.65. The van der Waals surface area contributed by atoms with Crippen LogP contribution >= 0.6 is 15.9 Å². The summed E-state index contributed by atoms with van der Waals surface area (Å²) in [5.41, 5.74) is 7.10.